The van der Waals surface area contributed by atoms with Crippen molar-refractivity contribution in [3.63, 3.8) is 0 Å². The Hall–Kier alpha value is -1.80. The van der Waals surface area contributed by atoms with Gasteiger partial charge < -0.3 is 5.32 Å². The Morgan fingerprint density at radius 2 is 1.70 bits per heavy atom. The first kappa shape index (κ1) is 17.6. The van der Waals surface area contributed by atoms with Crippen molar-refractivity contribution in [1.82, 2.24) is 5.32 Å². The molecule has 2 aromatic rings. The first-order valence-corrected chi connectivity index (χ1v) is 8.51. The molecule has 2 rings (SSSR count). The lowest BCUT2D eigenvalue weighted by molar-refractivity contribution is -0.121. The number of halogens is 1. The summed E-state index contributed by atoms with van der Waals surface area (Å²) in [6, 6.07) is 17.9. The predicted molar refractivity (Wildman–Crippen MR) is 96.6 cm³/mol. The van der Waals surface area contributed by atoms with Crippen molar-refractivity contribution in [2.45, 2.75) is 39.2 Å². The topological polar surface area (TPSA) is 29.1 Å². The standard InChI is InChI=1S/C20H24ClNO/c1-15(2)14-19(17-9-4-3-5-10-17)22-20(23)13-12-16-8-6-7-11-18(16)21/h3-11,15,19H,12-14H2,1-2H3,(H,22,23)/t19-/m0/s1. The molecule has 1 N–H and O–H groups in total. The van der Waals surface area contributed by atoms with E-state index in [0.717, 1.165) is 22.6 Å². The lowest BCUT2D eigenvalue weighted by atomic mass is 9.96. The van der Waals surface area contributed by atoms with E-state index in [-0.39, 0.29) is 11.9 Å². The van der Waals surface area contributed by atoms with Gasteiger partial charge in [-0.05, 0) is 36.0 Å². The first-order valence-electron chi connectivity index (χ1n) is 8.14. The Bertz CT molecular complexity index is 625. The van der Waals surface area contributed by atoms with Crippen LogP contribution < -0.4 is 5.32 Å². The summed E-state index contributed by atoms with van der Waals surface area (Å²) in [7, 11) is 0. The molecule has 2 nitrogen and oxygen atoms in total. The van der Waals surface area contributed by atoms with Crippen molar-refractivity contribution >= 4 is 17.5 Å². The minimum absolute atomic E-state index is 0.0648. The van der Waals surface area contributed by atoms with Gasteiger partial charge in [-0.25, -0.2) is 0 Å². The van der Waals surface area contributed by atoms with Crippen LogP contribution in [0.1, 0.15) is 43.9 Å². The normalized spacial score (nSPS) is 12.2. The Morgan fingerprint density at radius 3 is 2.35 bits per heavy atom. The van der Waals surface area contributed by atoms with Crippen LogP contribution in [0.25, 0.3) is 0 Å². The van der Waals surface area contributed by atoms with Crippen molar-refractivity contribution in [1.29, 1.82) is 0 Å². The van der Waals surface area contributed by atoms with Crippen LogP contribution >= 0.6 is 11.6 Å². The van der Waals surface area contributed by atoms with Gasteiger partial charge >= 0.3 is 0 Å². The smallest absolute Gasteiger partial charge is 0.220 e. The number of benzene rings is 2. The molecular weight excluding hydrogens is 306 g/mol. The van der Waals surface area contributed by atoms with E-state index in [4.69, 9.17) is 11.6 Å². The Kier molecular flexibility index (Phi) is 6.66. The summed E-state index contributed by atoms with van der Waals surface area (Å²) in [6.07, 6.45) is 2.04. The molecule has 0 saturated carbocycles. The zero-order valence-electron chi connectivity index (χ0n) is 13.8. The van der Waals surface area contributed by atoms with E-state index in [1.54, 1.807) is 0 Å². The van der Waals surface area contributed by atoms with Crippen LogP contribution in [0, 0.1) is 5.92 Å². The van der Waals surface area contributed by atoms with Crippen molar-refractivity contribution in [3.05, 3.63) is 70.7 Å². The average Bonchev–Trinajstić information content (AvgIpc) is 2.54. The SMILES string of the molecule is CC(C)C[C@H](NC(=O)CCc1ccccc1Cl)c1ccccc1. The van der Waals surface area contributed by atoms with E-state index in [1.807, 2.05) is 42.5 Å². The second-order valence-electron chi connectivity index (χ2n) is 6.25. The van der Waals surface area contributed by atoms with E-state index in [0.29, 0.717) is 18.8 Å². The number of carbonyl (C=O) groups is 1. The molecule has 0 radical (unpaired) electrons. The predicted octanol–water partition coefficient (Wildman–Crippen LogP) is 5.18. The summed E-state index contributed by atoms with van der Waals surface area (Å²) >= 11 is 6.15. The first-order chi connectivity index (χ1) is 11.1. The van der Waals surface area contributed by atoms with E-state index in [2.05, 4.69) is 31.3 Å². The number of rotatable bonds is 7. The van der Waals surface area contributed by atoms with Crippen LogP contribution in [-0.4, -0.2) is 5.91 Å². The van der Waals surface area contributed by atoms with Gasteiger partial charge in [-0.1, -0.05) is 74.0 Å². The molecule has 0 unspecified atom stereocenters. The fourth-order valence-corrected chi connectivity index (χ4v) is 2.88. The summed E-state index contributed by atoms with van der Waals surface area (Å²) in [5.74, 6) is 0.587. The lowest BCUT2D eigenvalue weighted by Gasteiger charge is -2.21. The number of amides is 1. The zero-order chi connectivity index (χ0) is 16.7. The summed E-state index contributed by atoms with van der Waals surface area (Å²) in [5, 5.41) is 3.90. The minimum atomic E-state index is 0.0648. The molecule has 3 heteroatoms. The highest BCUT2D eigenvalue weighted by Crippen LogP contribution is 2.22. The molecule has 0 aliphatic carbocycles. The molecular formula is C20H24ClNO. The average molecular weight is 330 g/mol. The third-order valence-electron chi connectivity index (χ3n) is 3.82. The Labute approximate surface area is 143 Å². The number of carbonyl (C=O) groups excluding carboxylic acids is 1. The van der Waals surface area contributed by atoms with Gasteiger partial charge in [-0.15, -0.1) is 0 Å². The fraction of sp³-hybridized carbons (Fsp3) is 0.350. The van der Waals surface area contributed by atoms with Crippen molar-refractivity contribution in [2.24, 2.45) is 5.92 Å². The van der Waals surface area contributed by atoms with Crippen molar-refractivity contribution in [3.8, 4) is 0 Å². The number of aryl methyl sites for hydroxylation is 1. The van der Waals surface area contributed by atoms with E-state index in [9.17, 15) is 4.79 Å². The van der Waals surface area contributed by atoms with Crippen molar-refractivity contribution < 1.29 is 4.79 Å². The zero-order valence-corrected chi connectivity index (χ0v) is 14.5. The highest BCUT2D eigenvalue weighted by atomic mass is 35.5. The molecule has 0 fully saturated rings. The van der Waals surface area contributed by atoms with Crippen LogP contribution in [0.15, 0.2) is 54.6 Å². The molecule has 0 bridgehead atoms. The minimum Gasteiger partial charge on any atom is -0.349 e. The molecule has 122 valence electrons. The molecule has 0 spiro atoms. The summed E-state index contributed by atoms with van der Waals surface area (Å²) in [6.45, 7) is 4.34. The maximum atomic E-state index is 12.3. The van der Waals surface area contributed by atoms with Gasteiger partial charge in [-0.3, -0.25) is 4.79 Å². The molecule has 0 saturated heterocycles. The maximum Gasteiger partial charge on any atom is 0.220 e. The number of nitrogens with one attached hydrogen (secondary N) is 1. The molecule has 0 heterocycles. The van der Waals surface area contributed by atoms with E-state index < -0.39 is 0 Å². The van der Waals surface area contributed by atoms with Gasteiger partial charge in [0, 0.05) is 11.4 Å². The Balaban J connectivity index is 1.96. The van der Waals surface area contributed by atoms with Gasteiger partial charge in [0.05, 0.1) is 6.04 Å². The van der Waals surface area contributed by atoms with Crippen LogP contribution in [0.5, 0.6) is 0 Å². The van der Waals surface area contributed by atoms with Gasteiger partial charge in [0.15, 0.2) is 0 Å². The molecule has 1 atom stereocenters. The quantitative estimate of drug-likeness (QED) is 0.745. The number of hydrogen-bond donors (Lipinski definition) is 1. The van der Waals surface area contributed by atoms with Crippen LogP contribution in [-0.2, 0) is 11.2 Å². The van der Waals surface area contributed by atoms with Gasteiger partial charge in [-0.2, -0.15) is 0 Å². The van der Waals surface area contributed by atoms with Crippen molar-refractivity contribution in [2.75, 3.05) is 0 Å². The molecule has 23 heavy (non-hydrogen) atoms. The monoisotopic (exact) mass is 329 g/mol. The largest absolute Gasteiger partial charge is 0.349 e. The summed E-state index contributed by atoms with van der Waals surface area (Å²) < 4.78 is 0. The lowest BCUT2D eigenvalue weighted by Crippen LogP contribution is -2.29. The molecule has 0 aliphatic heterocycles. The van der Waals surface area contributed by atoms with Gasteiger partial charge in [0.1, 0.15) is 0 Å². The molecule has 0 aliphatic rings. The van der Waals surface area contributed by atoms with Crippen LogP contribution in [0.4, 0.5) is 0 Å². The van der Waals surface area contributed by atoms with Gasteiger partial charge in [0.25, 0.3) is 0 Å². The highest BCUT2D eigenvalue weighted by molar-refractivity contribution is 6.31. The fourth-order valence-electron chi connectivity index (χ4n) is 2.65. The number of hydrogen-bond acceptors (Lipinski definition) is 1. The molecule has 0 aromatic heterocycles. The van der Waals surface area contributed by atoms with E-state index in [1.165, 1.54) is 0 Å². The van der Waals surface area contributed by atoms with E-state index >= 15 is 0 Å². The second kappa shape index (κ2) is 8.73. The third-order valence-corrected chi connectivity index (χ3v) is 4.19. The van der Waals surface area contributed by atoms with Crippen LogP contribution in [0.2, 0.25) is 5.02 Å². The summed E-state index contributed by atoms with van der Waals surface area (Å²) in [4.78, 5) is 12.3. The molecule has 1 amide bonds. The Morgan fingerprint density at radius 1 is 1.04 bits per heavy atom. The van der Waals surface area contributed by atoms with Crippen LogP contribution in [0.3, 0.4) is 0 Å². The third kappa shape index (κ3) is 5.72. The molecule has 2 aromatic carbocycles. The highest BCUT2D eigenvalue weighted by Gasteiger charge is 2.16. The second-order valence-corrected chi connectivity index (χ2v) is 6.66. The summed E-state index contributed by atoms with van der Waals surface area (Å²) in [5.41, 5.74) is 2.18. The van der Waals surface area contributed by atoms with Gasteiger partial charge in [0.2, 0.25) is 5.91 Å². The maximum absolute atomic E-state index is 12.3.